The maximum atomic E-state index is 4.47. The van der Waals surface area contributed by atoms with E-state index in [0.29, 0.717) is 6.04 Å². The fourth-order valence-corrected chi connectivity index (χ4v) is 4.12. The van der Waals surface area contributed by atoms with Gasteiger partial charge in [0.15, 0.2) is 0 Å². The summed E-state index contributed by atoms with van der Waals surface area (Å²) in [7, 11) is 0. The molecule has 1 aromatic carbocycles. The fraction of sp³-hybridized carbons (Fsp3) is 0.529. The van der Waals surface area contributed by atoms with Gasteiger partial charge >= 0.3 is 0 Å². The minimum atomic E-state index is 0.114. The number of benzene rings is 1. The van der Waals surface area contributed by atoms with E-state index in [2.05, 4.69) is 70.3 Å². The molecule has 0 saturated carbocycles. The second-order valence-corrected chi connectivity index (χ2v) is 8.44. The smallest absolute Gasteiger partial charge is 0.137 e. The molecule has 2 aromatic rings. The zero-order chi connectivity index (χ0) is 16.0. The standard InChI is InChI=1S/C17H23BrN4/c1-16(2)8-12(9-17(3,4)22-16)21-15-13-7-11(18)5-6-14(13)19-10-20-15/h5-7,10,12,22H,8-9H2,1-4H3,(H,19,20,21). The Bertz CT molecular complexity index is 680. The van der Waals surface area contributed by atoms with Crippen LogP contribution in [0.1, 0.15) is 40.5 Å². The summed E-state index contributed by atoms with van der Waals surface area (Å²) < 4.78 is 1.05. The van der Waals surface area contributed by atoms with Gasteiger partial charge in [-0.05, 0) is 58.7 Å². The highest BCUT2D eigenvalue weighted by Gasteiger charge is 2.37. The van der Waals surface area contributed by atoms with Crippen molar-refractivity contribution in [2.75, 3.05) is 5.32 Å². The van der Waals surface area contributed by atoms with Crippen LogP contribution < -0.4 is 10.6 Å². The molecular weight excluding hydrogens is 340 g/mol. The highest BCUT2D eigenvalue weighted by Crippen LogP contribution is 2.32. The molecule has 3 rings (SSSR count). The van der Waals surface area contributed by atoms with E-state index in [1.807, 2.05) is 12.1 Å². The third kappa shape index (κ3) is 3.41. The average molecular weight is 363 g/mol. The molecule has 0 bridgehead atoms. The van der Waals surface area contributed by atoms with Gasteiger partial charge in [0.05, 0.1) is 5.52 Å². The quantitative estimate of drug-likeness (QED) is 0.843. The Hall–Kier alpha value is -1.20. The van der Waals surface area contributed by atoms with Crippen molar-refractivity contribution in [3.8, 4) is 0 Å². The number of hydrogen-bond acceptors (Lipinski definition) is 4. The minimum absolute atomic E-state index is 0.114. The van der Waals surface area contributed by atoms with Crippen LogP contribution in [0.4, 0.5) is 5.82 Å². The number of nitrogens with zero attached hydrogens (tertiary/aromatic N) is 2. The van der Waals surface area contributed by atoms with Crippen LogP contribution in [-0.2, 0) is 0 Å². The van der Waals surface area contributed by atoms with Gasteiger partial charge < -0.3 is 10.6 Å². The summed E-state index contributed by atoms with van der Waals surface area (Å²) >= 11 is 3.53. The van der Waals surface area contributed by atoms with Crippen molar-refractivity contribution in [2.45, 2.75) is 57.7 Å². The van der Waals surface area contributed by atoms with E-state index in [0.717, 1.165) is 34.0 Å². The molecule has 1 saturated heterocycles. The molecule has 2 heterocycles. The molecule has 0 spiro atoms. The Kier molecular flexibility index (Phi) is 3.89. The Morgan fingerprint density at radius 1 is 1.14 bits per heavy atom. The van der Waals surface area contributed by atoms with E-state index < -0.39 is 0 Å². The molecular formula is C17H23BrN4. The van der Waals surface area contributed by atoms with Crippen molar-refractivity contribution >= 4 is 32.7 Å². The Morgan fingerprint density at radius 2 is 1.82 bits per heavy atom. The Morgan fingerprint density at radius 3 is 2.50 bits per heavy atom. The van der Waals surface area contributed by atoms with Crippen LogP contribution in [0.2, 0.25) is 0 Å². The first-order valence-electron chi connectivity index (χ1n) is 7.70. The molecule has 0 atom stereocenters. The van der Waals surface area contributed by atoms with Crippen LogP contribution >= 0.6 is 15.9 Å². The van der Waals surface area contributed by atoms with Crippen LogP contribution in [0.15, 0.2) is 29.0 Å². The third-order valence-electron chi connectivity index (χ3n) is 4.13. The SMILES string of the molecule is CC1(C)CC(Nc2ncnc3ccc(Br)cc23)CC(C)(C)N1. The first-order chi connectivity index (χ1) is 10.2. The molecule has 1 aliphatic rings. The molecule has 1 aromatic heterocycles. The second kappa shape index (κ2) is 5.46. The van der Waals surface area contributed by atoms with Crippen LogP contribution in [0, 0.1) is 0 Å². The van der Waals surface area contributed by atoms with E-state index in [1.165, 1.54) is 0 Å². The normalized spacial score (nSPS) is 21.0. The number of nitrogens with one attached hydrogen (secondary N) is 2. The zero-order valence-electron chi connectivity index (χ0n) is 13.6. The maximum absolute atomic E-state index is 4.47. The number of aromatic nitrogens is 2. The topological polar surface area (TPSA) is 49.8 Å². The van der Waals surface area contributed by atoms with Gasteiger partial charge in [0.25, 0.3) is 0 Å². The number of piperidine rings is 1. The molecule has 118 valence electrons. The van der Waals surface area contributed by atoms with Crippen molar-refractivity contribution < 1.29 is 0 Å². The predicted molar refractivity (Wildman–Crippen MR) is 95.2 cm³/mol. The van der Waals surface area contributed by atoms with E-state index in [9.17, 15) is 0 Å². The van der Waals surface area contributed by atoms with Crippen LogP contribution in [0.5, 0.6) is 0 Å². The fourth-order valence-electron chi connectivity index (χ4n) is 3.76. The van der Waals surface area contributed by atoms with Gasteiger partial charge in [-0.25, -0.2) is 9.97 Å². The second-order valence-electron chi connectivity index (χ2n) is 7.53. The summed E-state index contributed by atoms with van der Waals surface area (Å²) in [6, 6.07) is 6.50. The highest BCUT2D eigenvalue weighted by atomic mass is 79.9. The van der Waals surface area contributed by atoms with Gasteiger partial charge in [-0.3, -0.25) is 0 Å². The lowest BCUT2D eigenvalue weighted by atomic mass is 9.79. The maximum Gasteiger partial charge on any atom is 0.137 e. The molecule has 0 aliphatic carbocycles. The summed E-state index contributed by atoms with van der Waals surface area (Å²) in [6.07, 6.45) is 3.77. The van der Waals surface area contributed by atoms with E-state index >= 15 is 0 Å². The zero-order valence-corrected chi connectivity index (χ0v) is 15.2. The number of fused-ring (bicyclic) bond motifs is 1. The van der Waals surface area contributed by atoms with Crippen molar-refractivity contribution in [3.63, 3.8) is 0 Å². The predicted octanol–water partition coefficient (Wildman–Crippen LogP) is 4.11. The molecule has 1 fully saturated rings. The lowest BCUT2D eigenvalue weighted by Gasteiger charge is -2.46. The number of halogens is 1. The number of hydrogen-bond donors (Lipinski definition) is 2. The van der Waals surface area contributed by atoms with Gasteiger partial charge in [0.1, 0.15) is 12.1 Å². The third-order valence-corrected chi connectivity index (χ3v) is 4.62. The average Bonchev–Trinajstić information content (AvgIpc) is 2.35. The van der Waals surface area contributed by atoms with E-state index in [-0.39, 0.29) is 11.1 Å². The van der Waals surface area contributed by atoms with Gasteiger partial charge in [0.2, 0.25) is 0 Å². The summed E-state index contributed by atoms with van der Waals surface area (Å²) in [5, 5.41) is 8.43. The number of anilines is 1. The molecule has 0 radical (unpaired) electrons. The molecule has 5 heteroatoms. The largest absolute Gasteiger partial charge is 0.367 e. The molecule has 0 unspecified atom stereocenters. The summed E-state index contributed by atoms with van der Waals surface area (Å²) in [6.45, 7) is 9.04. The Labute approximate surface area is 140 Å². The van der Waals surface area contributed by atoms with Gasteiger partial charge in [0, 0.05) is 27.0 Å². The van der Waals surface area contributed by atoms with Crippen molar-refractivity contribution in [2.24, 2.45) is 0 Å². The minimum Gasteiger partial charge on any atom is -0.367 e. The molecule has 1 aliphatic heterocycles. The van der Waals surface area contributed by atoms with Crippen molar-refractivity contribution in [1.29, 1.82) is 0 Å². The van der Waals surface area contributed by atoms with Crippen molar-refractivity contribution in [3.05, 3.63) is 29.0 Å². The monoisotopic (exact) mass is 362 g/mol. The van der Waals surface area contributed by atoms with Gasteiger partial charge in [-0.15, -0.1) is 0 Å². The molecule has 22 heavy (non-hydrogen) atoms. The first kappa shape index (κ1) is 15.7. The van der Waals surface area contributed by atoms with Gasteiger partial charge in [-0.2, -0.15) is 0 Å². The number of rotatable bonds is 2. The van der Waals surface area contributed by atoms with E-state index in [1.54, 1.807) is 6.33 Å². The van der Waals surface area contributed by atoms with Crippen LogP contribution in [0.25, 0.3) is 10.9 Å². The molecule has 4 nitrogen and oxygen atoms in total. The molecule has 2 N–H and O–H groups in total. The lowest BCUT2D eigenvalue weighted by Crippen LogP contribution is -2.60. The van der Waals surface area contributed by atoms with Crippen LogP contribution in [0.3, 0.4) is 0 Å². The molecule has 0 amide bonds. The van der Waals surface area contributed by atoms with Crippen molar-refractivity contribution in [1.82, 2.24) is 15.3 Å². The van der Waals surface area contributed by atoms with Gasteiger partial charge in [-0.1, -0.05) is 15.9 Å². The first-order valence-corrected chi connectivity index (χ1v) is 8.50. The van der Waals surface area contributed by atoms with E-state index in [4.69, 9.17) is 0 Å². The lowest BCUT2D eigenvalue weighted by molar-refractivity contribution is 0.170. The summed E-state index contributed by atoms with van der Waals surface area (Å²) in [5.74, 6) is 0.921. The highest BCUT2D eigenvalue weighted by molar-refractivity contribution is 9.10. The summed E-state index contributed by atoms with van der Waals surface area (Å²) in [4.78, 5) is 8.82. The van der Waals surface area contributed by atoms with Crippen LogP contribution in [-0.4, -0.2) is 27.1 Å². The summed E-state index contributed by atoms with van der Waals surface area (Å²) in [5.41, 5.74) is 1.19. The Balaban J connectivity index is 1.91.